The average molecular weight is 592 g/mol. The molecule has 2 aromatic heterocycles. The zero-order chi connectivity index (χ0) is 30.1. The summed E-state index contributed by atoms with van der Waals surface area (Å²) in [6.07, 6.45) is 0.831. The minimum Gasteiger partial charge on any atom is -0.353 e. The lowest BCUT2D eigenvalue weighted by Crippen LogP contribution is -2.47. The van der Waals surface area contributed by atoms with Crippen LogP contribution in [0.4, 0.5) is 0 Å². The second-order valence-electron chi connectivity index (χ2n) is 12.3. The fraction of sp³-hybridized carbons (Fsp3) is 0.211. The van der Waals surface area contributed by atoms with Crippen LogP contribution in [0, 0.1) is 0 Å². The highest BCUT2D eigenvalue weighted by Gasteiger charge is 2.41. The molecule has 45 heavy (non-hydrogen) atoms. The maximum absolute atomic E-state index is 14.4. The second kappa shape index (κ2) is 10.3. The van der Waals surface area contributed by atoms with E-state index in [1.165, 1.54) is 21.2 Å². The van der Waals surface area contributed by atoms with Gasteiger partial charge in [-0.2, -0.15) is 0 Å². The number of piperazine rings is 1. The molecule has 222 valence electrons. The monoisotopic (exact) mass is 591 g/mol. The third-order valence-corrected chi connectivity index (χ3v) is 9.92. The van der Waals surface area contributed by atoms with E-state index >= 15 is 0 Å². The van der Waals surface area contributed by atoms with Crippen LogP contribution in [0.5, 0.6) is 0 Å². The summed E-state index contributed by atoms with van der Waals surface area (Å²) in [5, 5.41) is 9.59. The van der Waals surface area contributed by atoms with Crippen molar-refractivity contribution in [2.45, 2.75) is 13.0 Å². The molecule has 4 heterocycles. The standard InChI is InChI=1S/C38H33N5O2/c44-37-33-31-27-12-3-5-14-29(27)40-35(31)36-32(34(33)38(45)43(37)23-22-41-20-17-39-18-21-41)28-13-4-6-15-30(28)42(36)19-16-25-10-7-9-24-8-1-2-11-26(24)25/h1-15,39-40H,16-23H2. The Kier molecular flexibility index (Phi) is 6.05. The fourth-order valence-electron chi connectivity index (χ4n) is 7.79. The Labute approximate surface area is 260 Å². The first-order chi connectivity index (χ1) is 22.2. The third kappa shape index (κ3) is 3.97. The van der Waals surface area contributed by atoms with Crippen molar-refractivity contribution in [2.75, 3.05) is 39.3 Å². The van der Waals surface area contributed by atoms with E-state index in [-0.39, 0.29) is 11.8 Å². The molecule has 7 heteroatoms. The van der Waals surface area contributed by atoms with Crippen molar-refractivity contribution < 1.29 is 9.59 Å². The molecule has 7 nitrogen and oxygen atoms in total. The molecule has 2 amide bonds. The molecule has 2 N–H and O–H groups in total. The predicted molar refractivity (Wildman–Crippen MR) is 181 cm³/mol. The molecule has 2 aliphatic rings. The molecule has 0 saturated carbocycles. The number of hydrogen-bond acceptors (Lipinski definition) is 4. The van der Waals surface area contributed by atoms with Crippen molar-refractivity contribution in [1.29, 1.82) is 0 Å². The first-order valence-corrected chi connectivity index (χ1v) is 15.9. The minimum absolute atomic E-state index is 0.181. The highest BCUT2D eigenvalue weighted by atomic mass is 16.2. The summed E-state index contributed by atoms with van der Waals surface area (Å²) in [5.74, 6) is -0.367. The van der Waals surface area contributed by atoms with Crippen molar-refractivity contribution in [1.82, 2.24) is 24.7 Å². The molecule has 7 aromatic rings. The van der Waals surface area contributed by atoms with Gasteiger partial charge in [0.05, 0.1) is 22.2 Å². The molecule has 0 aliphatic carbocycles. The molecule has 0 bridgehead atoms. The van der Waals surface area contributed by atoms with Crippen molar-refractivity contribution in [3.05, 3.63) is 108 Å². The Hall–Kier alpha value is -4.98. The molecular formula is C38H33N5O2. The van der Waals surface area contributed by atoms with Gasteiger partial charge in [-0.25, -0.2) is 0 Å². The Morgan fingerprint density at radius 1 is 0.644 bits per heavy atom. The third-order valence-electron chi connectivity index (χ3n) is 9.92. The summed E-state index contributed by atoms with van der Waals surface area (Å²) in [6, 6.07) is 31.5. The van der Waals surface area contributed by atoms with Crippen LogP contribution >= 0.6 is 0 Å². The number of H-pyrrole nitrogens is 1. The van der Waals surface area contributed by atoms with Gasteiger partial charge in [0.1, 0.15) is 0 Å². The topological polar surface area (TPSA) is 73.4 Å². The normalized spacial score (nSPS) is 15.9. The number of amides is 2. The van der Waals surface area contributed by atoms with Crippen molar-refractivity contribution in [3.63, 3.8) is 0 Å². The number of benzene rings is 5. The number of carbonyl (C=O) groups excluding carboxylic acids is 2. The van der Waals surface area contributed by atoms with E-state index in [0.29, 0.717) is 24.2 Å². The van der Waals surface area contributed by atoms with Crippen LogP contribution in [0.3, 0.4) is 0 Å². The highest BCUT2D eigenvalue weighted by molar-refractivity contribution is 6.39. The highest BCUT2D eigenvalue weighted by Crippen LogP contribution is 2.45. The number of aromatic amines is 1. The summed E-state index contributed by atoms with van der Waals surface area (Å²) in [4.78, 5) is 36.3. The van der Waals surface area contributed by atoms with Crippen molar-refractivity contribution in [3.8, 4) is 0 Å². The van der Waals surface area contributed by atoms with Crippen LogP contribution in [-0.4, -0.2) is 70.4 Å². The molecule has 5 aromatic carbocycles. The van der Waals surface area contributed by atoms with Crippen molar-refractivity contribution >= 4 is 66.2 Å². The van der Waals surface area contributed by atoms with Gasteiger partial charge in [0, 0.05) is 78.4 Å². The number of nitrogens with zero attached hydrogens (tertiary/aromatic N) is 3. The lowest BCUT2D eigenvalue weighted by Gasteiger charge is -2.28. The first kappa shape index (κ1) is 26.4. The molecule has 2 aliphatic heterocycles. The van der Waals surface area contributed by atoms with Crippen LogP contribution in [-0.2, 0) is 13.0 Å². The van der Waals surface area contributed by atoms with Gasteiger partial charge < -0.3 is 14.9 Å². The van der Waals surface area contributed by atoms with E-state index in [1.54, 1.807) is 0 Å². The van der Waals surface area contributed by atoms with Crippen molar-refractivity contribution in [2.24, 2.45) is 0 Å². The van der Waals surface area contributed by atoms with Gasteiger partial charge in [0.25, 0.3) is 11.8 Å². The molecular weight excluding hydrogens is 558 g/mol. The lowest BCUT2D eigenvalue weighted by atomic mass is 9.96. The van der Waals surface area contributed by atoms with E-state index in [0.717, 1.165) is 82.8 Å². The van der Waals surface area contributed by atoms with Crippen LogP contribution in [0.2, 0.25) is 0 Å². The smallest absolute Gasteiger partial charge is 0.262 e. The molecule has 0 radical (unpaired) electrons. The van der Waals surface area contributed by atoms with Gasteiger partial charge in [0.15, 0.2) is 0 Å². The predicted octanol–water partition coefficient (Wildman–Crippen LogP) is 6.33. The Balaban J connectivity index is 1.27. The second-order valence-corrected chi connectivity index (χ2v) is 12.3. The lowest BCUT2D eigenvalue weighted by molar-refractivity contribution is 0.0634. The Bertz CT molecular complexity index is 2320. The summed E-state index contributed by atoms with van der Waals surface area (Å²) in [5.41, 5.74) is 6.33. The maximum Gasteiger partial charge on any atom is 0.262 e. The summed E-state index contributed by atoms with van der Waals surface area (Å²) < 4.78 is 2.37. The van der Waals surface area contributed by atoms with Crippen LogP contribution in [0.15, 0.2) is 91.0 Å². The van der Waals surface area contributed by atoms with Crippen LogP contribution in [0.1, 0.15) is 26.3 Å². The van der Waals surface area contributed by atoms with E-state index < -0.39 is 0 Å². The number of imide groups is 1. The van der Waals surface area contributed by atoms with Gasteiger partial charge in [-0.05, 0) is 34.9 Å². The number of fused-ring (bicyclic) bond motifs is 11. The summed E-state index contributed by atoms with van der Waals surface area (Å²) >= 11 is 0. The quantitative estimate of drug-likeness (QED) is 0.222. The van der Waals surface area contributed by atoms with Gasteiger partial charge in [-0.3, -0.25) is 19.4 Å². The first-order valence-electron chi connectivity index (χ1n) is 15.9. The van der Waals surface area contributed by atoms with E-state index in [9.17, 15) is 9.59 Å². The number of hydrogen-bond donors (Lipinski definition) is 2. The molecule has 1 fully saturated rings. The molecule has 1 saturated heterocycles. The Morgan fingerprint density at radius 3 is 2.18 bits per heavy atom. The van der Waals surface area contributed by atoms with E-state index in [4.69, 9.17) is 0 Å². The van der Waals surface area contributed by atoms with E-state index in [1.807, 2.05) is 18.2 Å². The maximum atomic E-state index is 14.4. The summed E-state index contributed by atoms with van der Waals surface area (Å²) in [7, 11) is 0. The Morgan fingerprint density at radius 2 is 1.33 bits per heavy atom. The zero-order valence-electron chi connectivity index (χ0n) is 25.0. The molecule has 0 atom stereocenters. The summed E-state index contributed by atoms with van der Waals surface area (Å²) in [6.45, 7) is 5.50. The minimum atomic E-state index is -0.186. The van der Waals surface area contributed by atoms with Crippen LogP contribution in [0.25, 0.3) is 54.4 Å². The number of nitrogens with one attached hydrogen (secondary N) is 2. The average Bonchev–Trinajstić information content (AvgIpc) is 3.70. The largest absolute Gasteiger partial charge is 0.353 e. The number of rotatable bonds is 6. The number of para-hydroxylation sites is 2. The SMILES string of the molecule is O=C1c2c(c3c4ccccc4n(CCc4cccc5ccccc45)c3c3[nH]c4ccccc4c23)C(=O)N1CCN1CCNCC1. The number of aromatic nitrogens is 2. The van der Waals surface area contributed by atoms with Gasteiger partial charge in [-0.15, -0.1) is 0 Å². The van der Waals surface area contributed by atoms with E-state index in [2.05, 4.69) is 92.6 Å². The van der Waals surface area contributed by atoms with Gasteiger partial charge >= 0.3 is 0 Å². The molecule has 0 spiro atoms. The number of aryl methyl sites for hydroxylation is 2. The van der Waals surface area contributed by atoms with Gasteiger partial charge in [-0.1, -0.05) is 78.9 Å². The molecule has 9 rings (SSSR count). The van der Waals surface area contributed by atoms with Gasteiger partial charge in [0.2, 0.25) is 0 Å². The molecule has 0 unspecified atom stereocenters. The van der Waals surface area contributed by atoms with Crippen LogP contribution < -0.4 is 5.32 Å². The fourth-order valence-corrected chi connectivity index (χ4v) is 7.79. The zero-order valence-corrected chi connectivity index (χ0v) is 25.0. The number of carbonyl (C=O) groups is 2.